The first kappa shape index (κ1) is 35.5. The average molecular weight is 802 g/mol. The van der Waals surface area contributed by atoms with Crippen LogP contribution in [0.2, 0.25) is 0 Å². The van der Waals surface area contributed by atoms with Crippen LogP contribution in [0.3, 0.4) is 0 Å². The third-order valence-corrected chi connectivity index (χ3v) is 13.5. The Morgan fingerprint density at radius 3 is 1.40 bits per heavy atom. The lowest BCUT2D eigenvalue weighted by Crippen LogP contribution is -2.28. The molecule has 2 heteroatoms. The highest BCUT2D eigenvalue weighted by atomic mass is 16.3. The lowest BCUT2D eigenvalue weighted by atomic mass is 9.68. The zero-order valence-electron chi connectivity index (χ0n) is 34.4. The summed E-state index contributed by atoms with van der Waals surface area (Å²) >= 11 is 0. The number of rotatable bonds is 5. The fraction of sp³-hybridized carbons (Fsp3) is 0.0164. The molecule has 0 spiro atoms. The molecule has 2 aliphatic carbocycles. The van der Waals surface area contributed by atoms with E-state index in [1.807, 2.05) is 6.07 Å². The molecular weight excluding hydrogens is 763 g/mol. The molecule has 63 heavy (non-hydrogen) atoms. The minimum Gasteiger partial charge on any atom is -0.456 e. The maximum atomic E-state index is 6.63. The summed E-state index contributed by atoms with van der Waals surface area (Å²) in [4.78, 5) is 2.47. The van der Waals surface area contributed by atoms with Gasteiger partial charge >= 0.3 is 0 Å². The van der Waals surface area contributed by atoms with Gasteiger partial charge in [0.15, 0.2) is 0 Å². The Balaban J connectivity index is 1.12. The van der Waals surface area contributed by atoms with Crippen molar-refractivity contribution in [3.63, 3.8) is 0 Å². The molecule has 0 saturated carbocycles. The van der Waals surface area contributed by atoms with Crippen molar-refractivity contribution < 1.29 is 4.42 Å². The maximum Gasteiger partial charge on any atom is 0.137 e. The highest BCUT2D eigenvalue weighted by Gasteiger charge is 2.47. The molecule has 11 aromatic rings. The molecule has 10 aromatic carbocycles. The van der Waals surface area contributed by atoms with Crippen molar-refractivity contribution in [2.24, 2.45) is 0 Å². The normalized spacial score (nSPS) is 12.9. The largest absolute Gasteiger partial charge is 0.456 e. The lowest BCUT2D eigenvalue weighted by Gasteiger charge is -2.34. The highest BCUT2D eigenvalue weighted by Crippen LogP contribution is 2.60. The summed E-state index contributed by atoms with van der Waals surface area (Å²) in [6, 6.07) is 86.8. The van der Waals surface area contributed by atoms with Gasteiger partial charge < -0.3 is 9.32 Å². The molecule has 1 aromatic heterocycles. The van der Waals surface area contributed by atoms with Crippen LogP contribution in [0.4, 0.5) is 17.1 Å². The minimum atomic E-state index is -0.541. The first-order valence-corrected chi connectivity index (χ1v) is 21.8. The maximum absolute atomic E-state index is 6.63. The Labute approximate surface area is 366 Å². The SMILES string of the molecule is c1ccc(C2(c3ccccc3)c3ccccc3-c3c(N(c4ccc5c(c4)-c4ccccc4-c4ccccc4-c4ccccc4-5)c4ccc5c(c4)oc4ccccc45)cccc32)cc1. The van der Waals surface area contributed by atoms with E-state index in [1.165, 1.54) is 77.9 Å². The molecule has 0 aliphatic heterocycles. The molecular formula is C61H39NO. The van der Waals surface area contributed by atoms with Crippen molar-refractivity contribution in [1.29, 1.82) is 0 Å². The Kier molecular flexibility index (Phi) is 7.85. The standard InChI is InChI=1S/C61H39NO/c1-3-18-40(19-4-1)61(41-20-5-2-6-21-41)55-30-15-13-29-53(55)60-56(61)31-17-32-57(60)62(43-35-37-52-51-28-14-16-33-58(51)63-59(52)39-43)42-34-36-50-48-26-10-9-24-46(48)44-22-7-8-23-45(44)47-25-11-12-27-49(47)54(50)38-42/h1-39H. The van der Waals surface area contributed by atoms with Crippen molar-refractivity contribution >= 4 is 39.0 Å². The molecule has 13 rings (SSSR count). The predicted octanol–water partition coefficient (Wildman–Crippen LogP) is 16.4. The van der Waals surface area contributed by atoms with Crippen LogP contribution in [0.5, 0.6) is 0 Å². The van der Waals surface area contributed by atoms with Crippen LogP contribution in [0.1, 0.15) is 22.3 Å². The lowest BCUT2D eigenvalue weighted by molar-refractivity contribution is 0.669. The van der Waals surface area contributed by atoms with Gasteiger partial charge in [0.2, 0.25) is 0 Å². The summed E-state index contributed by atoms with van der Waals surface area (Å²) in [5.74, 6) is 0. The van der Waals surface area contributed by atoms with Crippen molar-refractivity contribution in [3.05, 3.63) is 259 Å². The summed E-state index contributed by atoms with van der Waals surface area (Å²) < 4.78 is 6.63. The first-order chi connectivity index (χ1) is 31.3. The van der Waals surface area contributed by atoms with E-state index in [0.29, 0.717) is 0 Å². The van der Waals surface area contributed by atoms with Crippen LogP contribution in [0.15, 0.2) is 241 Å². The van der Waals surface area contributed by atoms with Crippen LogP contribution in [0.25, 0.3) is 77.6 Å². The van der Waals surface area contributed by atoms with Crippen molar-refractivity contribution in [2.75, 3.05) is 4.90 Å². The summed E-state index contributed by atoms with van der Waals surface area (Å²) in [6.45, 7) is 0. The number of nitrogens with zero attached hydrogens (tertiary/aromatic N) is 1. The highest BCUT2D eigenvalue weighted by molar-refractivity contribution is 6.08. The fourth-order valence-corrected chi connectivity index (χ4v) is 10.9. The molecule has 0 N–H and O–H groups in total. The molecule has 2 aliphatic rings. The molecule has 0 atom stereocenters. The number of anilines is 3. The van der Waals surface area contributed by atoms with Gasteiger partial charge in [-0.15, -0.1) is 0 Å². The molecule has 294 valence electrons. The number of hydrogen-bond acceptors (Lipinski definition) is 2. The number of furan rings is 1. The second-order valence-electron chi connectivity index (χ2n) is 16.7. The quantitative estimate of drug-likeness (QED) is 0.172. The van der Waals surface area contributed by atoms with Gasteiger partial charge in [-0.3, -0.25) is 0 Å². The van der Waals surface area contributed by atoms with Gasteiger partial charge in [0.05, 0.1) is 11.1 Å². The van der Waals surface area contributed by atoms with Crippen LogP contribution in [-0.2, 0) is 5.41 Å². The molecule has 0 radical (unpaired) electrons. The van der Waals surface area contributed by atoms with E-state index in [1.54, 1.807) is 0 Å². The van der Waals surface area contributed by atoms with Crippen LogP contribution in [-0.4, -0.2) is 0 Å². The van der Waals surface area contributed by atoms with E-state index in [2.05, 4.69) is 235 Å². The zero-order chi connectivity index (χ0) is 41.5. The summed E-state index contributed by atoms with van der Waals surface area (Å²) in [6.07, 6.45) is 0. The summed E-state index contributed by atoms with van der Waals surface area (Å²) in [7, 11) is 0. The predicted molar refractivity (Wildman–Crippen MR) is 261 cm³/mol. The van der Waals surface area contributed by atoms with Gasteiger partial charge in [0, 0.05) is 33.8 Å². The first-order valence-electron chi connectivity index (χ1n) is 21.8. The topological polar surface area (TPSA) is 16.4 Å². The van der Waals surface area contributed by atoms with E-state index in [-0.39, 0.29) is 0 Å². The van der Waals surface area contributed by atoms with Gasteiger partial charge in [0.25, 0.3) is 0 Å². The minimum absolute atomic E-state index is 0.541. The van der Waals surface area contributed by atoms with E-state index in [0.717, 1.165) is 39.0 Å². The van der Waals surface area contributed by atoms with Crippen LogP contribution < -0.4 is 4.90 Å². The molecule has 0 fully saturated rings. The monoisotopic (exact) mass is 801 g/mol. The van der Waals surface area contributed by atoms with Crippen molar-refractivity contribution in [2.45, 2.75) is 5.41 Å². The molecule has 1 heterocycles. The van der Waals surface area contributed by atoms with E-state index in [9.17, 15) is 0 Å². The third-order valence-electron chi connectivity index (χ3n) is 13.5. The number of para-hydroxylation sites is 1. The third kappa shape index (κ3) is 5.19. The number of fused-ring (bicyclic) bond motifs is 14. The average Bonchev–Trinajstić information content (AvgIpc) is 3.88. The molecule has 0 amide bonds. The van der Waals surface area contributed by atoms with Gasteiger partial charge in [0.1, 0.15) is 11.2 Å². The van der Waals surface area contributed by atoms with E-state index >= 15 is 0 Å². The van der Waals surface area contributed by atoms with Gasteiger partial charge in [-0.2, -0.15) is 0 Å². The van der Waals surface area contributed by atoms with Crippen LogP contribution in [0, 0.1) is 0 Å². The molecule has 2 nitrogen and oxygen atoms in total. The van der Waals surface area contributed by atoms with Gasteiger partial charge in [-0.05, 0) is 109 Å². The Hall–Kier alpha value is -8.20. The van der Waals surface area contributed by atoms with Gasteiger partial charge in [-0.1, -0.05) is 194 Å². The second kappa shape index (κ2) is 13.9. The van der Waals surface area contributed by atoms with Gasteiger partial charge in [-0.25, -0.2) is 0 Å². The Morgan fingerprint density at radius 1 is 0.302 bits per heavy atom. The summed E-state index contributed by atoms with van der Waals surface area (Å²) in [5, 5.41) is 2.22. The Morgan fingerprint density at radius 2 is 0.762 bits per heavy atom. The summed E-state index contributed by atoms with van der Waals surface area (Å²) in [5.41, 5.74) is 21.6. The molecule has 0 unspecified atom stereocenters. The smallest absolute Gasteiger partial charge is 0.137 e. The number of hydrogen-bond donors (Lipinski definition) is 0. The Bertz CT molecular complexity index is 3540. The fourth-order valence-electron chi connectivity index (χ4n) is 10.9. The second-order valence-corrected chi connectivity index (χ2v) is 16.7. The van der Waals surface area contributed by atoms with Crippen LogP contribution >= 0.6 is 0 Å². The number of benzene rings is 10. The van der Waals surface area contributed by atoms with E-state index in [4.69, 9.17) is 4.42 Å². The molecule has 0 saturated heterocycles. The zero-order valence-corrected chi connectivity index (χ0v) is 34.4. The van der Waals surface area contributed by atoms with Crippen molar-refractivity contribution in [1.82, 2.24) is 0 Å². The van der Waals surface area contributed by atoms with E-state index < -0.39 is 5.41 Å². The molecule has 0 bridgehead atoms. The van der Waals surface area contributed by atoms with Crippen molar-refractivity contribution in [3.8, 4) is 55.6 Å².